The van der Waals surface area contributed by atoms with E-state index in [0.29, 0.717) is 17.9 Å². The largest absolute Gasteiger partial charge is 0.393 e. The summed E-state index contributed by atoms with van der Waals surface area (Å²) in [5, 5.41) is 9.96. The van der Waals surface area contributed by atoms with Crippen LogP contribution in [0.3, 0.4) is 0 Å². The molecule has 1 heterocycles. The topological polar surface area (TPSA) is 23.5 Å². The van der Waals surface area contributed by atoms with Gasteiger partial charge in [-0.25, -0.2) is 0 Å². The summed E-state index contributed by atoms with van der Waals surface area (Å²) in [6.45, 7) is 6.82. The Hall–Kier alpha value is -0.0800. The molecule has 0 aromatic heterocycles. The van der Waals surface area contributed by atoms with Crippen molar-refractivity contribution in [3.05, 3.63) is 0 Å². The second-order valence-corrected chi connectivity index (χ2v) is 4.97. The third-order valence-electron chi connectivity index (χ3n) is 3.86. The maximum absolute atomic E-state index is 9.96. The Kier molecular flexibility index (Phi) is 2.61. The van der Waals surface area contributed by atoms with Crippen molar-refractivity contribution in [2.45, 2.75) is 45.3 Å². The summed E-state index contributed by atoms with van der Waals surface area (Å²) in [7, 11) is 0. The molecule has 0 spiro atoms. The van der Waals surface area contributed by atoms with Crippen LogP contribution in [0.2, 0.25) is 0 Å². The molecule has 2 rings (SSSR count). The second-order valence-electron chi connectivity index (χ2n) is 4.97. The zero-order valence-electron chi connectivity index (χ0n) is 8.74. The molecule has 0 amide bonds. The lowest BCUT2D eigenvalue weighted by molar-refractivity contribution is 0.0899. The van der Waals surface area contributed by atoms with Crippen LogP contribution in [0.5, 0.6) is 0 Å². The fraction of sp³-hybridized carbons (Fsp3) is 1.00. The van der Waals surface area contributed by atoms with Crippen molar-refractivity contribution < 1.29 is 5.11 Å². The van der Waals surface area contributed by atoms with E-state index in [4.69, 9.17) is 0 Å². The number of aliphatic hydroxyl groups is 1. The molecule has 3 unspecified atom stereocenters. The summed E-state index contributed by atoms with van der Waals surface area (Å²) in [6.07, 6.45) is 3.71. The van der Waals surface area contributed by atoms with E-state index >= 15 is 0 Å². The summed E-state index contributed by atoms with van der Waals surface area (Å²) in [5.41, 5.74) is 0. The number of nitrogens with zero attached hydrogens (tertiary/aromatic N) is 1. The number of aliphatic hydroxyl groups excluding tert-OH is 1. The van der Waals surface area contributed by atoms with Crippen LogP contribution in [0.1, 0.15) is 33.1 Å². The minimum Gasteiger partial charge on any atom is -0.393 e. The summed E-state index contributed by atoms with van der Waals surface area (Å²) < 4.78 is 0. The summed E-state index contributed by atoms with van der Waals surface area (Å²) in [4.78, 5) is 2.52. The predicted octanol–water partition coefficient (Wildman–Crippen LogP) is 1.49. The van der Waals surface area contributed by atoms with E-state index < -0.39 is 0 Å². The Morgan fingerprint density at radius 2 is 1.85 bits per heavy atom. The molecule has 2 bridgehead atoms. The van der Waals surface area contributed by atoms with Crippen molar-refractivity contribution in [2.75, 3.05) is 13.1 Å². The summed E-state index contributed by atoms with van der Waals surface area (Å²) >= 11 is 0. The maximum Gasteiger partial charge on any atom is 0.0609 e. The number of hydrogen-bond acceptors (Lipinski definition) is 2. The number of likely N-dealkylation sites (tertiary alicyclic amines) is 1. The van der Waals surface area contributed by atoms with Crippen molar-refractivity contribution in [1.29, 1.82) is 0 Å². The number of rotatable bonds is 1. The minimum atomic E-state index is 0.00347. The van der Waals surface area contributed by atoms with Crippen LogP contribution in [0, 0.1) is 11.8 Å². The molecule has 0 aromatic carbocycles. The van der Waals surface area contributed by atoms with Crippen LogP contribution in [-0.4, -0.2) is 35.2 Å². The number of hydrogen-bond donors (Lipinski definition) is 1. The van der Waals surface area contributed by atoms with Gasteiger partial charge in [0, 0.05) is 12.6 Å². The molecule has 2 nitrogen and oxygen atoms in total. The Morgan fingerprint density at radius 3 is 2.54 bits per heavy atom. The van der Waals surface area contributed by atoms with Gasteiger partial charge in [-0.3, -0.25) is 0 Å². The van der Waals surface area contributed by atoms with Gasteiger partial charge in [-0.1, -0.05) is 0 Å². The zero-order chi connectivity index (χ0) is 9.42. The summed E-state index contributed by atoms with van der Waals surface area (Å²) in [6, 6.07) is 0.645. The van der Waals surface area contributed by atoms with E-state index in [1.54, 1.807) is 0 Å². The van der Waals surface area contributed by atoms with Gasteiger partial charge in [0.15, 0.2) is 0 Å². The maximum atomic E-state index is 9.96. The molecule has 76 valence electrons. The third kappa shape index (κ3) is 1.75. The zero-order valence-corrected chi connectivity index (χ0v) is 8.74. The first-order valence-corrected chi connectivity index (χ1v) is 5.60. The molecule has 1 aliphatic heterocycles. The van der Waals surface area contributed by atoms with Gasteiger partial charge < -0.3 is 10.0 Å². The van der Waals surface area contributed by atoms with Crippen LogP contribution in [0.15, 0.2) is 0 Å². The molecule has 1 saturated carbocycles. The smallest absolute Gasteiger partial charge is 0.0609 e. The van der Waals surface area contributed by atoms with E-state index in [-0.39, 0.29) is 6.10 Å². The monoisotopic (exact) mass is 183 g/mol. The summed E-state index contributed by atoms with van der Waals surface area (Å²) in [5.74, 6) is 1.17. The molecule has 0 radical (unpaired) electrons. The van der Waals surface area contributed by atoms with E-state index in [0.717, 1.165) is 6.54 Å². The molecule has 1 saturated heterocycles. The van der Waals surface area contributed by atoms with Crippen molar-refractivity contribution in [1.82, 2.24) is 4.90 Å². The Labute approximate surface area is 80.9 Å². The molecule has 1 aliphatic carbocycles. The molecule has 13 heavy (non-hydrogen) atoms. The molecule has 0 aromatic rings. The molecule has 2 aliphatic rings. The first-order chi connectivity index (χ1) is 6.18. The second kappa shape index (κ2) is 3.58. The van der Waals surface area contributed by atoms with Crippen LogP contribution >= 0.6 is 0 Å². The first-order valence-electron chi connectivity index (χ1n) is 5.60. The molecular weight excluding hydrogens is 162 g/mol. The Bertz CT molecular complexity index is 181. The van der Waals surface area contributed by atoms with Gasteiger partial charge in [-0.2, -0.15) is 0 Å². The van der Waals surface area contributed by atoms with Crippen molar-refractivity contribution in [3.63, 3.8) is 0 Å². The standard InChI is InChI=1S/C11H21NO/c1-8(2)12-6-5-9-3-4-10(7-12)11(9)13/h8-11,13H,3-7H2,1-2H3. The normalized spacial score (nSPS) is 41.1. The van der Waals surface area contributed by atoms with Gasteiger partial charge in [0.1, 0.15) is 0 Å². The minimum absolute atomic E-state index is 0.00347. The molecule has 2 fully saturated rings. The van der Waals surface area contributed by atoms with Crippen LogP contribution in [0.4, 0.5) is 0 Å². The fourth-order valence-corrected chi connectivity index (χ4v) is 2.86. The first kappa shape index (κ1) is 9.47. The predicted molar refractivity (Wildman–Crippen MR) is 53.5 cm³/mol. The van der Waals surface area contributed by atoms with E-state index in [1.165, 1.54) is 25.8 Å². The van der Waals surface area contributed by atoms with Gasteiger partial charge in [-0.05, 0) is 51.5 Å². The van der Waals surface area contributed by atoms with E-state index in [1.807, 2.05) is 0 Å². The highest BCUT2D eigenvalue weighted by atomic mass is 16.3. The van der Waals surface area contributed by atoms with Crippen LogP contribution in [-0.2, 0) is 0 Å². The van der Waals surface area contributed by atoms with Crippen molar-refractivity contribution in [3.8, 4) is 0 Å². The van der Waals surface area contributed by atoms with Gasteiger partial charge in [0.25, 0.3) is 0 Å². The molecule has 3 atom stereocenters. The van der Waals surface area contributed by atoms with Gasteiger partial charge in [0.05, 0.1) is 6.10 Å². The van der Waals surface area contributed by atoms with E-state index in [2.05, 4.69) is 18.7 Å². The average Bonchev–Trinajstić information content (AvgIpc) is 2.25. The quantitative estimate of drug-likeness (QED) is 0.665. The lowest BCUT2D eigenvalue weighted by Crippen LogP contribution is -2.36. The highest BCUT2D eigenvalue weighted by Gasteiger charge is 2.38. The number of fused-ring (bicyclic) bond motifs is 2. The highest BCUT2D eigenvalue weighted by Crippen LogP contribution is 2.37. The lowest BCUT2D eigenvalue weighted by atomic mass is 10.0. The van der Waals surface area contributed by atoms with Crippen LogP contribution < -0.4 is 0 Å². The highest BCUT2D eigenvalue weighted by molar-refractivity contribution is 4.90. The van der Waals surface area contributed by atoms with Gasteiger partial charge in [0.2, 0.25) is 0 Å². The van der Waals surface area contributed by atoms with Crippen molar-refractivity contribution >= 4 is 0 Å². The SMILES string of the molecule is CC(C)N1CCC2CCC(C1)C2O. The Balaban J connectivity index is 2.03. The van der Waals surface area contributed by atoms with E-state index in [9.17, 15) is 5.11 Å². The molecule has 2 heteroatoms. The third-order valence-corrected chi connectivity index (χ3v) is 3.86. The fourth-order valence-electron chi connectivity index (χ4n) is 2.86. The molecular formula is C11H21NO. The lowest BCUT2D eigenvalue weighted by Gasteiger charge is -2.28. The molecule has 1 N–H and O–H groups in total. The van der Waals surface area contributed by atoms with Gasteiger partial charge in [-0.15, -0.1) is 0 Å². The van der Waals surface area contributed by atoms with Crippen molar-refractivity contribution in [2.24, 2.45) is 11.8 Å². The van der Waals surface area contributed by atoms with Gasteiger partial charge >= 0.3 is 0 Å². The Morgan fingerprint density at radius 1 is 1.15 bits per heavy atom. The average molecular weight is 183 g/mol. The van der Waals surface area contributed by atoms with Crippen LogP contribution in [0.25, 0.3) is 0 Å².